The van der Waals surface area contributed by atoms with Gasteiger partial charge in [-0.1, -0.05) is 18.2 Å². The van der Waals surface area contributed by atoms with Crippen LogP contribution in [0.2, 0.25) is 0 Å². The highest BCUT2D eigenvalue weighted by Gasteiger charge is 2.54. The van der Waals surface area contributed by atoms with Gasteiger partial charge in [-0.15, -0.1) is 0 Å². The van der Waals surface area contributed by atoms with E-state index in [1.807, 2.05) is 12.1 Å². The molecule has 3 rings (SSSR count). The Kier molecular flexibility index (Phi) is 3.27. The molecule has 1 aliphatic heterocycles. The summed E-state index contributed by atoms with van der Waals surface area (Å²) in [6.45, 7) is 1.93. The molecular weight excluding hydrogens is 270 g/mol. The molecule has 1 saturated carbocycles. The fourth-order valence-corrected chi connectivity index (χ4v) is 3.32. The molecule has 2 aliphatic rings. The monoisotopic (exact) mass is 287 g/mol. The normalized spacial score (nSPS) is 19.8. The van der Waals surface area contributed by atoms with Crippen molar-refractivity contribution in [1.29, 1.82) is 0 Å². The van der Waals surface area contributed by atoms with Crippen LogP contribution < -0.4 is 4.90 Å². The van der Waals surface area contributed by atoms with Crippen molar-refractivity contribution in [3.63, 3.8) is 0 Å². The fraction of sp³-hybridized carbons (Fsp3) is 0.438. The predicted octanol–water partition coefficient (Wildman–Crippen LogP) is 2.57. The zero-order chi connectivity index (χ0) is 15.0. The van der Waals surface area contributed by atoms with Crippen LogP contribution in [0.15, 0.2) is 24.3 Å². The standard InChI is InChI=1S/C16H17NO4/c1-2-21-15(20)17-13-6-4-3-5-12(13)16(14(17)19)9-7-11(18)8-10-16/h3-6H,2,7-10H2,1H3. The largest absolute Gasteiger partial charge is 0.449 e. The molecule has 1 aromatic rings. The molecule has 5 heteroatoms. The lowest BCUT2D eigenvalue weighted by atomic mass is 9.70. The number of ether oxygens (including phenoxy) is 1. The van der Waals surface area contributed by atoms with E-state index in [-0.39, 0.29) is 18.3 Å². The average Bonchev–Trinajstić information content (AvgIpc) is 2.72. The summed E-state index contributed by atoms with van der Waals surface area (Å²) in [5.41, 5.74) is 0.697. The zero-order valence-corrected chi connectivity index (χ0v) is 11.9. The van der Waals surface area contributed by atoms with Crippen molar-refractivity contribution in [2.75, 3.05) is 11.5 Å². The first-order valence-corrected chi connectivity index (χ1v) is 7.22. The Hall–Kier alpha value is -2.17. The minimum Gasteiger partial charge on any atom is -0.449 e. The maximum absolute atomic E-state index is 12.9. The Balaban J connectivity index is 2.06. The molecule has 1 aliphatic carbocycles. The summed E-state index contributed by atoms with van der Waals surface area (Å²) >= 11 is 0. The van der Waals surface area contributed by atoms with Crippen LogP contribution in [0.25, 0.3) is 0 Å². The van der Waals surface area contributed by atoms with Gasteiger partial charge >= 0.3 is 6.09 Å². The number of rotatable bonds is 1. The Morgan fingerprint density at radius 2 is 1.90 bits per heavy atom. The Bertz CT molecular complexity index is 612. The van der Waals surface area contributed by atoms with Gasteiger partial charge in [0.1, 0.15) is 5.78 Å². The number of ketones is 1. The van der Waals surface area contributed by atoms with Gasteiger partial charge in [0, 0.05) is 12.8 Å². The number of nitrogens with zero attached hydrogens (tertiary/aromatic N) is 1. The molecule has 0 N–H and O–H groups in total. The SMILES string of the molecule is CCOC(=O)N1C(=O)C2(CCC(=O)CC2)c2ccccc21. The van der Waals surface area contributed by atoms with Crippen LogP contribution in [-0.2, 0) is 19.7 Å². The number of hydrogen-bond acceptors (Lipinski definition) is 4. The van der Waals surface area contributed by atoms with Crippen molar-refractivity contribution >= 4 is 23.5 Å². The molecule has 0 atom stereocenters. The van der Waals surface area contributed by atoms with Crippen LogP contribution in [0, 0.1) is 0 Å². The van der Waals surface area contributed by atoms with Crippen LogP contribution >= 0.6 is 0 Å². The average molecular weight is 287 g/mol. The van der Waals surface area contributed by atoms with Crippen LogP contribution in [0.4, 0.5) is 10.5 Å². The van der Waals surface area contributed by atoms with Crippen LogP contribution in [-0.4, -0.2) is 24.4 Å². The molecule has 21 heavy (non-hydrogen) atoms. The van der Waals surface area contributed by atoms with E-state index in [0.29, 0.717) is 31.4 Å². The molecule has 1 fully saturated rings. The first-order chi connectivity index (χ1) is 10.1. The van der Waals surface area contributed by atoms with Gasteiger partial charge in [-0.05, 0) is 31.4 Å². The highest BCUT2D eigenvalue weighted by atomic mass is 16.6. The Morgan fingerprint density at radius 3 is 2.57 bits per heavy atom. The number of carbonyl (C=O) groups excluding carboxylic acids is 3. The van der Waals surface area contributed by atoms with Gasteiger partial charge in [0.05, 0.1) is 17.7 Å². The number of carbonyl (C=O) groups is 3. The van der Waals surface area contributed by atoms with E-state index in [9.17, 15) is 14.4 Å². The second-order valence-corrected chi connectivity index (χ2v) is 5.48. The third-order valence-corrected chi connectivity index (χ3v) is 4.38. The van der Waals surface area contributed by atoms with Gasteiger partial charge in [-0.2, -0.15) is 0 Å². The first-order valence-electron chi connectivity index (χ1n) is 7.22. The summed E-state index contributed by atoms with van der Waals surface area (Å²) in [7, 11) is 0. The molecular formula is C16H17NO4. The summed E-state index contributed by atoms with van der Waals surface area (Å²) in [5.74, 6) is -0.0739. The predicted molar refractivity (Wildman–Crippen MR) is 76.1 cm³/mol. The number of hydrogen-bond donors (Lipinski definition) is 0. The summed E-state index contributed by atoms with van der Waals surface area (Å²) in [4.78, 5) is 37.7. The van der Waals surface area contributed by atoms with Gasteiger partial charge in [0.15, 0.2) is 0 Å². The Morgan fingerprint density at radius 1 is 1.24 bits per heavy atom. The summed E-state index contributed by atoms with van der Waals surface area (Å²) in [6.07, 6.45) is 1.08. The molecule has 0 radical (unpaired) electrons. The molecule has 0 unspecified atom stereocenters. The number of anilines is 1. The van der Waals surface area contributed by atoms with E-state index in [1.54, 1.807) is 19.1 Å². The second-order valence-electron chi connectivity index (χ2n) is 5.48. The minimum absolute atomic E-state index is 0.181. The maximum atomic E-state index is 12.9. The lowest BCUT2D eigenvalue weighted by molar-refractivity contribution is -0.127. The third kappa shape index (κ3) is 1.95. The van der Waals surface area contributed by atoms with Crippen molar-refractivity contribution < 1.29 is 19.1 Å². The highest BCUT2D eigenvalue weighted by Crippen LogP contribution is 2.49. The molecule has 1 heterocycles. The van der Waals surface area contributed by atoms with Crippen LogP contribution in [0.5, 0.6) is 0 Å². The second kappa shape index (κ2) is 4.98. The number of fused-ring (bicyclic) bond motifs is 2. The molecule has 1 spiro atoms. The lowest BCUT2D eigenvalue weighted by Gasteiger charge is -2.31. The van der Waals surface area contributed by atoms with Gasteiger partial charge in [0.2, 0.25) is 5.91 Å². The van der Waals surface area contributed by atoms with Crippen molar-refractivity contribution in [3.05, 3.63) is 29.8 Å². The smallest absolute Gasteiger partial charge is 0.421 e. The lowest BCUT2D eigenvalue weighted by Crippen LogP contribution is -2.45. The number of benzene rings is 1. The van der Waals surface area contributed by atoms with Crippen LogP contribution in [0.3, 0.4) is 0 Å². The van der Waals surface area contributed by atoms with Crippen molar-refractivity contribution in [1.82, 2.24) is 0 Å². The van der Waals surface area contributed by atoms with Gasteiger partial charge in [-0.3, -0.25) is 9.59 Å². The molecule has 2 amide bonds. The Labute approximate surface area is 122 Å². The number of amides is 2. The van der Waals surface area contributed by atoms with E-state index in [1.165, 1.54) is 0 Å². The van der Waals surface area contributed by atoms with Gasteiger partial charge < -0.3 is 4.74 Å². The molecule has 1 aromatic carbocycles. The van der Waals surface area contributed by atoms with Crippen molar-refractivity contribution in [2.24, 2.45) is 0 Å². The highest BCUT2D eigenvalue weighted by molar-refractivity contribution is 6.21. The summed E-state index contributed by atoms with van der Waals surface area (Å²) < 4.78 is 5.01. The van der Waals surface area contributed by atoms with E-state index < -0.39 is 11.5 Å². The van der Waals surface area contributed by atoms with E-state index in [4.69, 9.17) is 4.74 Å². The quantitative estimate of drug-likeness (QED) is 0.796. The zero-order valence-electron chi connectivity index (χ0n) is 11.9. The summed E-state index contributed by atoms with van der Waals surface area (Å²) in [5, 5.41) is 0. The van der Waals surface area contributed by atoms with Gasteiger partial charge in [0.25, 0.3) is 0 Å². The number of para-hydroxylation sites is 1. The molecule has 5 nitrogen and oxygen atoms in total. The molecule has 0 saturated heterocycles. The first kappa shape index (κ1) is 13.8. The van der Waals surface area contributed by atoms with Crippen molar-refractivity contribution in [2.45, 2.75) is 38.0 Å². The third-order valence-electron chi connectivity index (χ3n) is 4.38. The molecule has 110 valence electrons. The number of Topliss-reactive ketones (excluding diaryl/α,β-unsaturated/α-hetero) is 1. The van der Waals surface area contributed by atoms with E-state index in [2.05, 4.69) is 0 Å². The van der Waals surface area contributed by atoms with Crippen molar-refractivity contribution in [3.8, 4) is 0 Å². The molecule has 0 aromatic heterocycles. The maximum Gasteiger partial charge on any atom is 0.421 e. The van der Waals surface area contributed by atoms with Crippen LogP contribution in [0.1, 0.15) is 38.2 Å². The topological polar surface area (TPSA) is 63.7 Å². The van der Waals surface area contributed by atoms with E-state index >= 15 is 0 Å². The minimum atomic E-state index is -0.739. The van der Waals surface area contributed by atoms with E-state index in [0.717, 1.165) is 10.5 Å². The van der Waals surface area contributed by atoms with Gasteiger partial charge in [-0.25, -0.2) is 9.69 Å². The number of imide groups is 1. The summed E-state index contributed by atoms with van der Waals surface area (Å²) in [6, 6.07) is 7.29. The fourth-order valence-electron chi connectivity index (χ4n) is 3.32. The molecule has 0 bridgehead atoms.